The highest BCUT2D eigenvalue weighted by atomic mass is 16.5. The molecule has 0 aromatic carbocycles. The molecule has 0 spiro atoms. The van der Waals surface area contributed by atoms with Crippen molar-refractivity contribution in [2.24, 2.45) is 0 Å². The van der Waals surface area contributed by atoms with Crippen LogP contribution in [-0.4, -0.2) is 47.4 Å². The number of rotatable bonds is 6. The van der Waals surface area contributed by atoms with Crippen LogP contribution in [0.15, 0.2) is 0 Å². The number of carboxylic acid groups (broad SMARTS) is 1. The maximum Gasteiger partial charge on any atom is 0.329 e. The molecule has 1 aliphatic carbocycles. The van der Waals surface area contributed by atoms with E-state index >= 15 is 0 Å². The lowest BCUT2D eigenvalue weighted by atomic mass is 10.3. The maximum atomic E-state index is 11.1. The van der Waals surface area contributed by atoms with Gasteiger partial charge in [-0.3, -0.25) is 4.79 Å². The average Bonchev–Trinajstić information content (AvgIpc) is 2.85. The second kappa shape index (κ2) is 4.39. The van der Waals surface area contributed by atoms with Gasteiger partial charge in [-0.1, -0.05) is 0 Å². The van der Waals surface area contributed by atoms with Crippen molar-refractivity contribution in [2.75, 3.05) is 19.8 Å². The quantitative estimate of drug-likeness (QED) is 0.500. The van der Waals surface area contributed by atoms with E-state index < -0.39 is 24.0 Å². The minimum atomic E-state index is -1.11. The van der Waals surface area contributed by atoms with Crippen LogP contribution in [0.25, 0.3) is 0 Å². The molecule has 0 saturated heterocycles. The first-order valence-corrected chi connectivity index (χ1v) is 4.29. The Morgan fingerprint density at radius 2 is 2.00 bits per heavy atom. The topological polar surface area (TPSA) is 95.9 Å². The van der Waals surface area contributed by atoms with Gasteiger partial charge in [0, 0.05) is 0 Å². The zero-order chi connectivity index (χ0) is 10.6. The van der Waals surface area contributed by atoms with Crippen molar-refractivity contribution in [1.29, 1.82) is 0 Å². The Morgan fingerprint density at radius 1 is 1.36 bits per heavy atom. The number of hydrogen-bond donors (Lipinski definition) is 3. The summed E-state index contributed by atoms with van der Waals surface area (Å²) in [7, 11) is 0. The van der Waals surface area contributed by atoms with Gasteiger partial charge in [0.05, 0.1) is 12.1 Å². The summed E-state index contributed by atoms with van der Waals surface area (Å²) in [5.41, 5.74) is -0.469. The summed E-state index contributed by atoms with van der Waals surface area (Å²) in [6, 6.07) is 0. The van der Waals surface area contributed by atoms with Gasteiger partial charge in [0.25, 0.3) is 0 Å². The van der Waals surface area contributed by atoms with Crippen LogP contribution in [0.1, 0.15) is 12.8 Å². The Bertz CT molecular complexity index is 236. The Morgan fingerprint density at radius 3 is 2.43 bits per heavy atom. The van der Waals surface area contributed by atoms with E-state index in [1.54, 1.807) is 0 Å². The molecular weight excluding hydrogens is 190 g/mol. The highest BCUT2D eigenvalue weighted by Crippen LogP contribution is 2.34. The van der Waals surface area contributed by atoms with Crippen molar-refractivity contribution < 1.29 is 24.5 Å². The molecule has 1 fully saturated rings. The molecule has 80 valence electrons. The molecule has 0 atom stereocenters. The van der Waals surface area contributed by atoms with Gasteiger partial charge >= 0.3 is 5.97 Å². The van der Waals surface area contributed by atoms with Crippen molar-refractivity contribution >= 4 is 11.9 Å². The predicted octanol–water partition coefficient (Wildman–Crippen LogP) is -1.27. The third kappa shape index (κ3) is 3.31. The summed E-state index contributed by atoms with van der Waals surface area (Å²) in [5.74, 6) is -1.50. The molecule has 1 rings (SSSR count). The highest BCUT2D eigenvalue weighted by Gasteiger charge is 2.43. The van der Waals surface area contributed by atoms with Crippen LogP contribution >= 0.6 is 0 Å². The third-order valence-corrected chi connectivity index (χ3v) is 2.02. The standard InChI is InChI=1S/C8H13NO5/c10-5-8(1-2-8)9-6(11)3-14-4-7(12)13/h10H,1-5H2,(H,9,11)(H,12,13). The maximum absolute atomic E-state index is 11.1. The van der Waals surface area contributed by atoms with Gasteiger partial charge in [0.2, 0.25) is 5.91 Å². The summed E-state index contributed by atoms with van der Waals surface area (Å²) in [5, 5.41) is 19.7. The van der Waals surface area contributed by atoms with Crippen LogP contribution in [0.3, 0.4) is 0 Å². The van der Waals surface area contributed by atoms with Crippen molar-refractivity contribution in [3.05, 3.63) is 0 Å². The van der Waals surface area contributed by atoms with Crippen molar-refractivity contribution in [3.63, 3.8) is 0 Å². The molecule has 0 aromatic heterocycles. The fraction of sp³-hybridized carbons (Fsp3) is 0.750. The molecular formula is C8H13NO5. The van der Waals surface area contributed by atoms with E-state index in [9.17, 15) is 9.59 Å². The number of aliphatic hydroxyl groups excluding tert-OH is 1. The second-order valence-electron chi connectivity index (χ2n) is 3.37. The van der Waals surface area contributed by atoms with Gasteiger partial charge in [-0.15, -0.1) is 0 Å². The summed E-state index contributed by atoms with van der Waals surface area (Å²) in [6.45, 7) is -0.856. The molecule has 3 N–H and O–H groups in total. The molecule has 0 aliphatic heterocycles. The molecule has 0 bridgehead atoms. The largest absolute Gasteiger partial charge is 0.480 e. The van der Waals surface area contributed by atoms with E-state index in [2.05, 4.69) is 10.1 Å². The van der Waals surface area contributed by atoms with Crippen LogP contribution in [0.4, 0.5) is 0 Å². The normalized spacial score (nSPS) is 17.5. The minimum absolute atomic E-state index is 0.0856. The van der Waals surface area contributed by atoms with Crippen LogP contribution in [-0.2, 0) is 14.3 Å². The van der Waals surface area contributed by atoms with Gasteiger partial charge in [-0.05, 0) is 12.8 Å². The molecule has 14 heavy (non-hydrogen) atoms. The summed E-state index contributed by atoms with van der Waals surface area (Å²) in [6.07, 6.45) is 1.52. The molecule has 1 saturated carbocycles. The van der Waals surface area contributed by atoms with E-state index in [4.69, 9.17) is 10.2 Å². The fourth-order valence-corrected chi connectivity index (χ4v) is 1.04. The lowest BCUT2D eigenvalue weighted by molar-refractivity contribution is -0.143. The molecule has 1 amide bonds. The summed E-state index contributed by atoms with van der Waals surface area (Å²) >= 11 is 0. The smallest absolute Gasteiger partial charge is 0.329 e. The van der Waals surface area contributed by atoms with E-state index in [1.807, 2.05) is 0 Å². The van der Waals surface area contributed by atoms with Crippen LogP contribution in [0.2, 0.25) is 0 Å². The van der Waals surface area contributed by atoms with Gasteiger partial charge in [0.15, 0.2) is 0 Å². The minimum Gasteiger partial charge on any atom is -0.480 e. The Kier molecular flexibility index (Phi) is 3.43. The molecule has 0 unspecified atom stereocenters. The predicted molar refractivity (Wildman–Crippen MR) is 45.6 cm³/mol. The lowest BCUT2D eigenvalue weighted by Crippen LogP contribution is -2.41. The van der Waals surface area contributed by atoms with Crippen molar-refractivity contribution in [2.45, 2.75) is 18.4 Å². The number of ether oxygens (including phenoxy) is 1. The molecule has 6 heteroatoms. The van der Waals surface area contributed by atoms with Gasteiger partial charge in [0.1, 0.15) is 13.2 Å². The number of carbonyl (C=O) groups is 2. The number of aliphatic hydroxyl groups is 1. The first-order chi connectivity index (χ1) is 6.58. The number of amides is 1. The molecule has 6 nitrogen and oxygen atoms in total. The summed E-state index contributed by atoms with van der Waals surface area (Å²) < 4.78 is 4.58. The third-order valence-electron chi connectivity index (χ3n) is 2.02. The zero-order valence-electron chi connectivity index (χ0n) is 7.65. The van der Waals surface area contributed by atoms with Crippen molar-refractivity contribution in [3.8, 4) is 0 Å². The Labute approximate surface area is 80.9 Å². The number of nitrogens with one attached hydrogen (secondary N) is 1. The molecule has 0 radical (unpaired) electrons. The fourth-order valence-electron chi connectivity index (χ4n) is 1.04. The van der Waals surface area contributed by atoms with E-state index in [0.717, 1.165) is 12.8 Å². The van der Waals surface area contributed by atoms with Gasteiger partial charge < -0.3 is 20.3 Å². The SMILES string of the molecule is O=C(O)COCC(=O)NC1(CO)CC1. The van der Waals surface area contributed by atoms with E-state index in [-0.39, 0.29) is 13.2 Å². The van der Waals surface area contributed by atoms with Crippen LogP contribution < -0.4 is 5.32 Å². The lowest BCUT2D eigenvalue weighted by Gasteiger charge is -2.13. The van der Waals surface area contributed by atoms with E-state index in [0.29, 0.717) is 0 Å². The van der Waals surface area contributed by atoms with Crippen molar-refractivity contribution in [1.82, 2.24) is 5.32 Å². The average molecular weight is 203 g/mol. The summed E-state index contributed by atoms with van der Waals surface area (Å²) in [4.78, 5) is 21.1. The second-order valence-corrected chi connectivity index (χ2v) is 3.37. The number of carboxylic acids is 1. The number of carbonyl (C=O) groups excluding carboxylic acids is 1. The molecule has 0 heterocycles. The van der Waals surface area contributed by atoms with E-state index in [1.165, 1.54) is 0 Å². The van der Waals surface area contributed by atoms with Crippen LogP contribution in [0, 0.1) is 0 Å². The number of hydrogen-bond acceptors (Lipinski definition) is 4. The molecule has 0 aromatic rings. The van der Waals surface area contributed by atoms with Gasteiger partial charge in [-0.25, -0.2) is 4.79 Å². The Balaban J connectivity index is 2.13. The van der Waals surface area contributed by atoms with Crippen LogP contribution in [0.5, 0.6) is 0 Å². The first-order valence-electron chi connectivity index (χ1n) is 4.29. The number of aliphatic carboxylic acids is 1. The van der Waals surface area contributed by atoms with Gasteiger partial charge in [-0.2, -0.15) is 0 Å². The first kappa shape index (κ1) is 10.9. The monoisotopic (exact) mass is 203 g/mol. The zero-order valence-corrected chi connectivity index (χ0v) is 7.65. The Hall–Kier alpha value is -1.14. The highest BCUT2D eigenvalue weighted by molar-refractivity contribution is 5.79. The molecule has 1 aliphatic rings.